The Morgan fingerprint density at radius 3 is 2.44 bits per heavy atom. The summed E-state index contributed by atoms with van der Waals surface area (Å²) in [6.07, 6.45) is 0. The van der Waals surface area contributed by atoms with Gasteiger partial charge in [-0.2, -0.15) is 4.98 Å². The van der Waals surface area contributed by atoms with Crippen molar-refractivity contribution in [2.24, 2.45) is 0 Å². The molecule has 0 fully saturated rings. The molecule has 0 spiro atoms. The molecule has 0 bridgehead atoms. The summed E-state index contributed by atoms with van der Waals surface area (Å²) in [5, 5.41) is 7.24. The number of anilines is 1. The minimum absolute atomic E-state index is 0.293. The van der Waals surface area contributed by atoms with Gasteiger partial charge in [0.15, 0.2) is 0 Å². The van der Waals surface area contributed by atoms with Crippen LogP contribution in [-0.2, 0) is 0 Å². The van der Waals surface area contributed by atoms with Crippen molar-refractivity contribution in [2.45, 2.75) is 26.8 Å². The number of aryl methyl sites for hydroxylation is 2. The maximum atomic E-state index is 14.0. The maximum absolute atomic E-state index is 14.0. The summed E-state index contributed by atoms with van der Waals surface area (Å²) < 4.78 is 19.7. The molecule has 3 aromatic carbocycles. The first kappa shape index (κ1) is 21.6. The molecule has 2 amide bonds. The van der Waals surface area contributed by atoms with E-state index in [-0.39, 0.29) is 6.03 Å². The van der Waals surface area contributed by atoms with Gasteiger partial charge >= 0.3 is 6.03 Å². The number of hydrogen-bond donors (Lipinski definition) is 1. The van der Waals surface area contributed by atoms with E-state index >= 15 is 0 Å². The van der Waals surface area contributed by atoms with Crippen molar-refractivity contribution in [3.05, 3.63) is 107 Å². The first-order valence-electron chi connectivity index (χ1n) is 11.0. The third-order valence-electron chi connectivity index (χ3n) is 5.89. The van der Waals surface area contributed by atoms with E-state index in [2.05, 4.69) is 15.5 Å². The van der Waals surface area contributed by atoms with Crippen LogP contribution in [0.1, 0.15) is 35.5 Å². The van der Waals surface area contributed by atoms with Crippen LogP contribution >= 0.6 is 0 Å². The van der Waals surface area contributed by atoms with Crippen molar-refractivity contribution in [1.29, 1.82) is 0 Å². The lowest BCUT2D eigenvalue weighted by molar-refractivity contribution is 0.244. The standard InChI is InChI=1S/C27H23FN4O2/c1-16-10-12-19(13-11-16)24-23(26-30-25(31-34-26)20-7-4-6-17(2)14-20)18(3)32(27(33)29-24)22-9-5-8-21(28)15-22/h4-15,24H,1-3H3,(H,29,33). The molecule has 1 aliphatic rings. The van der Waals surface area contributed by atoms with Gasteiger partial charge in [0.25, 0.3) is 5.89 Å². The number of hydrogen-bond acceptors (Lipinski definition) is 4. The van der Waals surface area contributed by atoms with Crippen molar-refractivity contribution >= 4 is 17.3 Å². The predicted octanol–water partition coefficient (Wildman–Crippen LogP) is 6.19. The Morgan fingerprint density at radius 2 is 1.71 bits per heavy atom. The summed E-state index contributed by atoms with van der Waals surface area (Å²) >= 11 is 0. The van der Waals surface area contributed by atoms with E-state index in [0.717, 1.165) is 22.3 Å². The maximum Gasteiger partial charge on any atom is 0.327 e. The third kappa shape index (κ3) is 3.96. The summed E-state index contributed by atoms with van der Waals surface area (Å²) in [7, 11) is 0. The molecular weight excluding hydrogens is 431 g/mol. The van der Waals surface area contributed by atoms with Gasteiger partial charge in [-0.25, -0.2) is 9.18 Å². The normalized spacial score (nSPS) is 16.1. The van der Waals surface area contributed by atoms with E-state index in [4.69, 9.17) is 4.52 Å². The van der Waals surface area contributed by atoms with Crippen molar-refractivity contribution in [3.63, 3.8) is 0 Å². The van der Waals surface area contributed by atoms with E-state index in [1.165, 1.54) is 17.0 Å². The number of aromatic nitrogens is 2. The monoisotopic (exact) mass is 454 g/mol. The van der Waals surface area contributed by atoms with Crippen molar-refractivity contribution in [3.8, 4) is 11.4 Å². The number of allylic oxidation sites excluding steroid dienone is 1. The van der Waals surface area contributed by atoms with Crippen LogP contribution < -0.4 is 10.2 Å². The number of rotatable bonds is 4. The summed E-state index contributed by atoms with van der Waals surface area (Å²) in [6, 6.07) is 20.8. The molecule has 2 heterocycles. The van der Waals surface area contributed by atoms with Gasteiger partial charge in [-0.15, -0.1) is 0 Å². The Bertz CT molecular complexity index is 1410. The largest absolute Gasteiger partial charge is 0.334 e. The Morgan fingerprint density at radius 1 is 0.941 bits per heavy atom. The van der Waals surface area contributed by atoms with Gasteiger partial charge in [-0.1, -0.05) is 64.8 Å². The van der Waals surface area contributed by atoms with Gasteiger partial charge in [0.1, 0.15) is 5.82 Å². The predicted molar refractivity (Wildman–Crippen MR) is 128 cm³/mol. The molecule has 1 aromatic heterocycles. The van der Waals surface area contributed by atoms with Crippen molar-refractivity contribution < 1.29 is 13.7 Å². The lowest BCUT2D eigenvalue weighted by Crippen LogP contribution is -2.46. The molecule has 0 aliphatic carbocycles. The van der Waals surface area contributed by atoms with Gasteiger partial charge in [-0.05, 0) is 50.6 Å². The number of amides is 2. The molecule has 0 saturated heterocycles. The van der Waals surface area contributed by atoms with Crippen LogP contribution in [0.4, 0.5) is 14.9 Å². The number of carbonyl (C=O) groups excluding carboxylic acids is 1. The fourth-order valence-electron chi connectivity index (χ4n) is 4.19. The van der Waals surface area contributed by atoms with E-state index in [1.54, 1.807) is 19.1 Å². The second kappa shape index (κ2) is 8.59. The third-order valence-corrected chi connectivity index (χ3v) is 5.89. The van der Waals surface area contributed by atoms with Gasteiger partial charge in [0.2, 0.25) is 5.82 Å². The molecule has 7 heteroatoms. The number of halogens is 1. The number of nitrogens with zero attached hydrogens (tertiary/aromatic N) is 3. The lowest BCUT2D eigenvalue weighted by Gasteiger charge is -2.35. The molecule has 1 unspecified atom stereocenters. The fraction of sp³-hybridized carbons (Fsp3) is 0.148. The highest BCUT2D eigenvalue weighted by Gasteiger charge is 2.36. The average molecular weight is 455 g/mol. The van der Waals surface area contributed by atoms with E-state index in [9.17, 15) is 9.18 Å². The number of benzene rings is 3. The number of nitrogens with one attached hydrogen (secondary N) is 1. The molecule has 1 aliphatic heterocycles. The van der Waals surface area contributed by atoms with Gasteiger partial charge in [0, 0.05) is 11.3 Å². The van der Waals surface area contributed by atoms with Gasteiger partial charge < -0.3 is 9.84 Å². The smallest absolute Gasteiger partial charge is 0.327 e. The van der Waals surface area contributed by atoms with Crippen LogP contribution in [-0.4, -0.2) is 16.2 Å². The summed E-state index contributed by atoms with van der Waals surface area (Å²) in [5.41, 5.74) is 5.55. The van der Waals surface area contributed by atoms with Crippen LogP contribution in [0.3, 0.4) is 0 Å². The zero-order valence-corrected chi connectivity index (χ0v) is 19.0. The first-order chi connectivity index (χ1) is 16.4. The van der Waals surface area contributed by atoms with Crippen molar-refractivity contribution in [1.82, 2.24) is 15.5 Å². The second-order valence-corrected chi connectivity index (χ2v) is 8.40. The zero-order valence-electron chi connectivity index (χ0n) is 19.0. The zero-order chi connectivity index (χ0) is 23.8. The Balaban J connectivity index is 1.66. The molecule has 4 aromatic rings. The van der Waals surface area contributed by atoms with E-state index in [1.807, 2.05) is 62.4 Å². The van der Waals surface area contributed by atoms with E-state index < -0.39 is 11.9 Å². The molecule has 34 heavy (non-hydrogen) atoms. The van der Waals surface area contributed by atoms with Crippen LogP contribution in [0.5, 0.6) is 0 Å². The van der Waals surface area contributed by atoms with E-state index in [0.29, 0.717) is 28.7 Å². The van der Waals surface area contributed by atoms with Gasteiger partial charge in [0.05, 0.1) is 17.3 Å². The molecular formula is C27H23FN4O2. The van der Waals surface area contributed by atoms with Crippen LogP contribution in [0, 0.1) is 19.7 Å². The SMILES string of the molecule is CC1=C(c2nc(-c3cccc(C)c3)no2)C(c2ccc(C)cc2)NC(=O)N1c1cccc(F)c1. The Labute approximate surface area is 196 Å². The minimum Gasteiger partial charge on any atom is -0.334 e. The van der Waals surface area contributed by atoms with Crippen LogP contribution in [0.15, 0.2) is 83.0 Å². The summed E-state index contributed by atoms with van der Waals surface area (Å²) in [4.78, 5) is 19.3. The molecule has 6 nitrogen and oxygen atoms in total. The average Bonchev–Trinajstić information content (AvgIpc) is 3.29. The van der Waals surface area contributed by atoms with Crippen LogP contribution in [0.2, 0.25) is 0 Å². The molecule has 5 rings (SSSR count). The topological polar surface area (TPSA) is 71.3 Å². The molecule has 170 valence electrons. The lowest BCUT2D eigenvalue weighted by atomic mass is 9.94. The summed E-state index contributed by atoms with van der Waals surface area (Å²) in [5.74, 6) is 0.316. The molecule has 1 atom stereocenters. The number of carbonyl (C=O) groups is 1. The minimum atomic E-state index is -0.510. The summed E-state index contributed by atoms with van der Waals surface area (Å²) in [6.45, 7) is 5.80. The second-order valence-electron chi connectivity index (χ2n) is 8.40. The highest BCUT2D eigenvalue weighted by molar-refractivity contribution is 6.01. The Kier molecular flexibility index (Phi) is 5.45. The number of urea groups is 1. The fourth-order valence-corrected chi connectivity index (χ4v) is 4.19. The van der Waals surface area contributed by atoms with Crippen LogP contribution in [0.25, 0.3) is 17.0 Å². The Hall–Kier alpha value is -4.26. The molecule has 1 N–H and O–H groups in total. The first-order valence-corrected chi connectivity index (χ1v) is 11.0. The highest BCUT2D eigenvalue weighted by Crippen LogP contribution is 2.39. The molecule has 0 radical (unpaired) electrons. The molecule has 0 saturated carbocycles. The quantitative estimate of drug-likeness (QED) is 0.399. The highest BCUT2D eigenvalue weighted by atomic mass is 19.1. The van der Waals surface area contributed by atoms with Gasteiger partial charge in [-0.3, -0.25) is 4.90 Å². The van der Waals surface area contributed by atoms with Crippen molar-refractivity contribution in [2.75, 3.05) is 4.90 Å².